The summed E-state index contributed by atoms with van der Waals surface area (Å²) < 4.78 is 0. The van der Waals surface area contributed by atoms with E-state index in [9.17, 15) is 9.59 Å². The highest BCUT2D eigenvalue weighted by atomic mass is 32.1. The number of carboxylic acid groups (broad SMARTS) is 1. The Labute approximate surface area is 123 Å². The van der Waals surface area contributed by atoms with Gasteiger partial charge in [0.05, 0.1) is 12.5 Å². The van der Waals surface area contributed by atoms with Gasteiger partial charge >= 0.3 is 12.0 Å². The van der Waals surface area contributed by atoms with Gasteiger partial charge in [0.1, 0.15) is 0 Å². The van der Waals surface area contributed by atoms with Crippen LogP contribution in [0.2, 0.25) is 0 Å². The lowest BCUT2D eigenvalue weighted by Crippen LogP contribution is -2.39. The monoisotopic (exact) mass is 298 g/mol. The molecule has 1 atom stereocenters. The Bertz CT molecular complexity index is 445. The normalized spacial score (nSPS) is 11.9. The van der Waals surface area contributed by atoms with Crippen molar-refractivity contribution in [2.45, 2.75) is 39.7 Å². The van der Waals surface area contributed by atoms with E-state index in [1.165, 1.54) is 5.56 Å². The molecule has 6 heteroatoms. The minimum absolute atomic E-state index is 0.167. The van der Waals surface area contributed by atoms with Gasteiger partial charge in [0.25, 0.3) is 0 Å². The molecular formula is C14H22N2O3S. The van der Waals surface area contributed by atoms with Gasteiger partial charge in [0.15, 0.2) is 0 Å². The summed E-state index contributed by atoms with van der Waals surface area (Å²) >= 11 is 1.62. The fraction of sp³-hybridized carbons (Fsp3) is 0.571. The lowest BCUT2D eigenvalue weighted by atomic mass is 10.0. The third-order valence-electron chi connectivity index (χ3n) is 3.12. The zero-order chi connectivity index (χ0) is 15.0. The molecule has 3 N–H and O–H groups in total. The molecule has 2 amide bonds. The van der Waals surface area contributed by atoms with Crippen LogP contribution in [-0.4, -0.2) is 23.7 Å². The fourth-order valence-electron chi connectivity index (χ4n) is 1.94. The summed E-state index contributed by atoms with van der Waals surface area (Å²) in [5, 5.41) is 16.4. The molecule has 0 aromatic carbocycles. The van der Waals surface area contributed by atoms with Gasteiger partial charge in [-0.1, -0.05) is 20.3 Å². The number of urea groups is 1. The molecule has 0 bridgehead atoms. The minimum Gasteiger partial charge on any atom is -0.481 e. The summed E-state index contributed by atoms with van der Waals surface area (Å²) in [6, 6.07) is 1.74. The van der Waals surface area contributed by atoms with Gasteiger partial charge in [-0.2, -0.15) is 0 Å². The summed E-state index contributed by atoms with van der Waals surface area (Å²) in [5.41, 5.74) is 1.24. The van der Waals surface area contributed by atoms with Crippen LogP contribution in [0.4, 0.5) is 4.79 Å². The summed E-state index contributed by atoms with van der Waals surface area (Å²) in [6.45, 7) is 4.66. The van der Waals surface area contributed by atoms with Crippen LogP contribution in [0.25, 0.3) is 0 Å². The van der Waals surface area contributed by atoms with E-state index in [0.29, 0.717) is 13.0 Å². The topological polar surface area (TPSA) is 78.4 Å². The number of carbonyl (C=O) groups excluding carboxylic acids is 1. The van der Waals surface area contributed by atoms with Crippen molar-refractivity contribution in [3.8, 4) is 0 Å². The molecule has 0 saturated heterocycles. The van der Waals surface area contributed by atoms with Crippen LogP contribution in [0.3, 0.4) is 0 Å². The third-order valence-corrected chi connectivity index (χ3v) is 4.09. The summed E-state index contributed by atoms with van der Waals surface area (Å²) in [5.74, 6) is -1.38. The Hall–Kier alpha value is -1.56. The fourth-order valence-corrected chi connectivity index (χ4v) is 2.85. The van der Waals surface area contributed by atoms with Crippen molar-refractivity contribution in [3.63, 3.8) is 0 Å². The summed E-state index contributed by atoms with van der Waals surface area (Å²) in [4.78, 5) is 23.8. The van der Waals surface area contributed by atoms with Crippen molar-refractivity contribution in [2.75, 3.05) is 6.54 Å². The van der Waals surface area contributed by atoms with Crippen LogP contribution in [0.15, 0.2) is 11.4 Å². The number of hydrogen-bond acceptors (Lipinski definition) is 3. The van der Waals surface area contributed by atoms with Gasteiger partial charge in [0.2, 0.25) is 0 Å². The number of carboxylic acids is 1. The molecule has 1 rings (SSSR count). The number of carbonyl (C=O) groups is 2. The number of rotatable bonds is 8. The molecule has 112 valence electrons. The number of aryl methyl sites for hydroxylation is 1. The average Bonchev–Trinajstić information content (AvgIpc) is 2.88. The molecule has 1 heterocycles. The van der Waals surface area contributed by atoms with Crippen LogP contribution in [-0.2, 0) is 17.8 Å². The maximum absolute atomic E-state index is 11.7. The standard InChI is InChI=1S/C14H22N2O3S/c1-3-5-11(13(17)18)8-15-14(19)16-9-12-10(4-2)6-7-20-12/h6-7,11H,3-5,8-9H2,1-2H3,(H,17,18)(H2,15,16,19). The first-order valence-corrected chi connectivity index (χ1v) is 7.76. The van der Waals surface area contributed by atoms with Crippen LogP contribution in [0.1, 0.15) is 37.1 Å². The molecule has 1 aromatic heterocycles. The molecule has 20 heavy (non-hydrogen) atoms. The second-order valence-electron chi connectivity index (χ2n) is 4.61. The van der Waals surface area contributed by atoms with E-state index in [1.807, 2.05) is 12.3 Å². The molecule has 0 radical (unpaired) electrons. The number of amides is 2. The number of aliphatic carboxylic acids is 1. The maximum atomic E-state index is 11.7. The third kappa shape index (κ3) is 5.21. The van der Waals surface area contributed by atoms with Gasteiger partial charge in [-0.3, -0.25) is 4.79 Å². The Balaban J connectivity index is 2.35. The van der Waals surface area contributed by atoms with Crippen LogP contribution < -0.4 is 10.6 Å². The van der Waals surface area contributed by atoms with Gasteiger partial charge in [-0.25, -0.2) is 4.79 Å². The second-order valence-corrected chi connectivity index (χ2v) is 5.61. The highest BCUT2D eigenvalue weighted by Crippen LogP contribution is 2.16. The van der Waals surface area contributed by atoms with Gasteiger partial charge in [0, 0.05) is 11.4 Å². The molecule has 5 nitrogen and oxygen atoms in total. The average molecular weight is 298 g/mol. The number of nitrogens with one attached hydrogen (secondary N) is 2. The quantitative estimate of drug-likeness (QED) is 0.690. The lowest BCUT2D eigenvalue weighted by Gasteiger charge is -2.13. The second kappa shape index (κ2) is 8.58. The van der Waals surface area contributed by atoms with Gasteiger partial charge < -0.3 is 15.7 Å². The molecule has 0 aliphatic heterocycles. The smallest absolute Gasteiger partial charge is 0.315 e. The van der Waals surface area contributed by atoms with Crippen molar-refractivity contribution in [3.05, 3.63) is 21.9 Å². The van der Waals surface area contributed by atoms with Crippen molar-refractivity contribution in [1.82, 2.24) is 10.6 Å². The summed E-state index contributed by atoms with van der Waals surface area (Å²) in [6.07, 6.45) is 2.30. The Morgan fingerprint density at radius 1 is 1.35 bits per heavy atom. The van der Waals surface area contributed by atoms with E-state index in [1.54, 1.807) is 11.3 Å². The van der Waals surface area contributed by atoms with Crippen molar-refractivity contribution < 1.29 is 14.7 Å². The molecule has 0 spiro atoms. The Kier molecular flexibility index (Phi) is 7.08. The van der Waals surface area contributed by atoms with E-state index < -0.39 is 11.9 Å². The maximum Gasteiger partial charge on any atom is 0.315 e. The first-order valence-electron chi connectivity index (χ1n) is 6.88. The molecule has 0 fully saturated rings. The number of hydrogen-bond donors (Lipinski definition) is 3. The van der Waals surface area contributed by atoms with E-state index in [4.69, 9.17) is 5.11 Å². The lowest BCUT2D eigenvalue weighted by molar-refractivity contribution is -0.141. The van der Waals surface area contributed by atoms with Gasteiger partial charge in [-0.15, -0.1) is 11.3 Å². The molecule has 1 aromatic rings. The van der Waals surface area contributed by atoms with E-state index >= 15 is 0 Å². The molecule has 0 aliphatic carbocycles. The van der Waals surface area contributed by atoms with Gasteiger partial charge in [-0.05, 0) is 29.9 Å². The minimum atomic E-state index is -0.862. The first-order chi connectivity index (χ1) is 9.58. The van der Waals surface area contributed by atoms with E-state index in [-0.39, 0.29) is 12.6 Å². The Morgan fingerprint density at radius 2 is 2.10 bits per heavy atom. The highest BCUT2D eigenvalue weighted by Gasteiger charge is 2.17. The highest BCUT2D eigenvalue weighted by molar-refractivity contribution is 7.10. The predicted octanol–water partition coefficient (Wildman–Crippen LogP) is 2.61. The number of thiophene rings is 1. The van der Waals surface area contributed by atoms with E-state index in [2.05, 4.69) is 23.6 Å². The molecule has 0 saturated carbocycles. The zero-order valence-electron chi connectivity index (χ0n) is 11.9. The summed E-state index contributed by atoms with van der Waals surface area (Å²) in [7, 11) is 0. The van der Waals surface area contributed by atoms with Crippen LogP contribution >= 0.6 is 11.3 Å². The predicted molar refractivity (Wildman–Crippen MR) is 80.0 cm³/mol. The van der Waals surface area contributed by atoms with Crippen molar-refractivity contribution >= 4 is 23.3 Å². The molecular weight excluding hydrogens is 276 g/mol. The SMILES string of the molecule is CCCC(CNC(=O)NCc1sccc1CC)C(=O)O. The van der Waals surface area contributed by atoms with Crippen LogP contribution in [0.5, 0.6) is 0 Å². The first kappa shape index (κ1) is 16.5. The Morgan fingerprint density at radius 3 is 2.70 bits per heavy atom. The molecule has 1 unspecified atom stereocenters. The largest absolute Gasteiger partial charge is 0.481 e. The zero-order valence-corrected chi connectivity index (χ0v) is 12.8. The molecule has 0 aliphatic rings. The van der Waals surface area contributed by atoms with Crippen LogP contribution in [0, 0.1) is 5.92 Å². The van der Waals surface area contributed by atoms with Crippen molar-refractivity contribution in [1.29, 1.82) is 0 Å². The van der Waals surface area contributed by atoms with Crippen molar-refractivity contribution in [2.24, 2.45) is 5.92 Å². The van der Waals surface area contributed by atoms with E-state index in [0.717, 1.165) is 17.7 Å².